The summed E-state index contributed by atoms with van der Waals surface area (Å²) in [5.74, 6) is 0.900. The highest BCUT2D eigenvalue weighted by atomic mass is 16.5. The van der Waals surface area contributed by atoms with Crippen molar-refractivity contribution in [3.8, 4) is 0 Å². The van der Waals surface area contributed by atoms with Gasteiger partial charge in [-0.1, -0.05) is 13.3 Å². The van der Waals surface area contributed by atoms with Crippen LogP contribution in [0, 0.1) is 5.92 Å². The van der Waals surface area contributed by atoms with Crippen LogP contribution in [0.5, 0.6) is 0 Å². The molecule has 98 valence electrons. The van der Waals surface area contributed by atoms with E-state index in [4.69, 9.17) is 4.74 Å². The molecule has 0 aromatic carbocycles. The fourth-order valence-electron chi connectivity index (χ4n) is 2.71. The molecule has 2 atom stereocenters. The van der Waals surface area contributed by atoms with Gasteiger partial charge in [0.15, 0.2) is 0 Å². The number of carbonyl (C=O) groups excluding carboxylic acids is 1. The molecule has 0 spiro atoms. The van der Waals surface area contributed by atoms with Crippen LogP contribution < -0.4 is 10.6 Å². The van der Waals surface area contributed by atoms with Gasteiger partial charge in [-0.25, -0.2) is 0 Å². The van der Waals surface area contributed by atoms with E-state index in [0.29, 0.717) is 12.0 Å². The maximum absolute atomic E-state index is 12.1. The summed E-state index contributed by atoms with van der Waals surface area (Å²) in [6.07, 6.45) is 5.29. The first-order chi connectivity index (χ1) is 8.29. The van der Waals surface area contributed by atoms with E-state index in [1.54, 1.807) is 0 Å². The second-order valence-electron chi connectivity index (χ2n) is 5.20. The van der Waals surface area contributed by atoms with Crippen LogP contribution >= 0.6 is 0 Å². The summed E-state index contributed by atoms with van der Waals surface area (Å²) >= 11 is 0. The number of piperidine rings is 1. The molecule has 2 heterocycles. The van der Waals surface area contributed by atoms with Crippen LogP contribution in [0.25, 0.3) is 0 Å². The van der Waals surface area contributed by atoms with Gasteiger partial charge in [-0.15, -0.1) is 0 Å². The standard InChI is InChI=1S/C13H24N2O2/c1-2-10-3-6-14-12(9-10)13(16)15-11-4-7-17-8-5-11/h10-12,14H,2-9H2,1H3,(H,15,16). The lowest BCUT2D eigenvalue weighted by Crippen LogP contribution is -2.52. The molecule has 2 fully saturated rings. The van der Waals surface area contributed by atoms with E-state index in [2.05, 4.69) is 17.6 Å². The summed E-state index contributed by atoms with van der Waals surface area (Å²) < 4.78 is 5.29. The summed E-state index contributed by atoms with van der Waals surface area (Å²) in [4.78, 5) is 12.1. The Morgan fingerprint density at radius 3 is 2.82 bits per heavy atom. The molecule has 4 heteroatoms. The summed E-state index contributed by atoms with van der Waals surface area (Å²) in [7, 11) is 0. The molecule has 2 N–H and O–H groups in total. The number of nitrogens with one attached hydrogen (secondary N) is 2. The Labute approximate surface area is 103 Å². The Kier molecular flexibility index (Phi) is 4.80. The third-order valence-electron chi connectivity index (χ3n) is 3.97. The SMILES string of the molecule is CCC1CCNC(C(=O)NC2CCOCC2)C1. The first-order valence-corrected chi connectivity index (χ1v) is 6.91. The third kappa shape index (κ3) is 3.68. The van der Waals surface area contributed by atoms with Crippen LogP contribution in [0.3, 0.4) is 0 Å². The van der Waals surface area contributed by atoms with Gasteiger partial charge < -0.3 is 15.4 Å². The molecule has 2 unspecified atom stereocenters. The molecule has 0 saturated carbocycles. The minimum atomic E-state index is 0.0246. The van der Waals surface area contributed by atoms with Crippen molar-refractivity contribution in [2.45, 2.75) is 51.1 Å². The summed E-state index contributed by atoms with van der Waals surface area (Å²) in [5, 5.41) is 6.48. The van der Waals surface area contributed by atoms with Crippen molar-refractivity contribution in [1.29, 1.82) is 0 Å². The van der Waals surface area contributed by atoms with Gasteiger partial charge in [-0.3, -0.25) is 4.79 Å². The molecular formula is C13H24N2O2. The molecule has 2 saturated heterocycles. The van der Waals surface area contributed by atoms with E-state index in [0.717, 1.165) is 39.0 Å². The van der Waals surface area contributed by atoms with E-state index < -0.39 is 0 Å². The molecule has 17 heavy (non-hydrogen) atoms. The zero-order valence-electron chi connectivity index (χ0n) is 10.7. The smallest absolute Gasteiger partial charge is 0.237 e. The predicted molar refractivity (Wildman–Crippen MR) is 66.8 cm³/mol. The van der Waals surface area contributed by atoms with Crippen LogP contribution in [-0.4, -0.2) is 37.7 Å². The molecule has 4 nitrogen and oxygen atoms in total. The van der Waals surface area contributed by atoms with Crippen molar-refractivity contribution in [2.75, 3.05) is 19.8 Å². The Bertz CT molecular complexity index is 252. The van der Waals surface area contributed by atoms with Crippen molar-refractivity contribution in [1.82, 2.24) is 10.6 Å². The molecule has 0 aromatic rings. The fraction of sp³-hybridized carbons (Fsp3) is 0.923. The van der Waals surface area contributed by atoms with Crippen LogP contribution in [0.15, 0.2) is 0 Å². The Balaban J connectivity index is 1.78. The molecule has 2 aliphatic heterocycles. The Morgan fingerprint density at radius 2 is 2.12 bits per heavy atom. The number of ether oxygens (including phenoxy) is 1. The van der Waals surface area contributed by atoms with Crippen molar-refractivity contribution >= 4 is 5.91 Å². The van der Waals surface area contributed by atoms with Crippen molar-refractivity contribution in [3.63, 3.8) is 0 Å². The highest BCUT2D eigenvalue weighted by Crippen LogP contribution is 2.19. The van der Waals surface area contributed by atoms with E-state index in [1.807, 2.05) is 0 Å². The Hall–Kier alpha value is -0.610. The van der Waals surface area contributed by atoms with Gasteiger partial charge in [0.25, 0.3) is 0 Å². The zero-order chi connectivity index (χ0) is 12.1. The average Bonchev–Trinajstić information content (AvgIpc) is 2.40. The van der Waals surface area contributed by atoms with Gasteiger partial charge in [-0.2, -0.15) is 0 Å². The maximum Gasteiger partial charge on any atom is 0.237 e. The molecule has 1 amide bonds. The predicted octanol–water partition coefficient (Wildman–Crippen LogP) is 1.06. The topological polar surface area (TPSA) is 50.4 Å². The second-order valence-corrected chi connectivity index (χ2v) is 5.20. The summed E-state index contributed by atoms with van der Waals surface area (Å²) in [5.41, 5.74) is 0. The number of rotatable bonds is 3. The van der Waals surface area contributed by atoms with Gasteiger partial charge in [0.05, 0.1) is 6.04 Å². The Morgan fingerprint density at radius 1 is 1.35 bits per heavy atom. The minimum Gasteiger partial charge on any atom is -0.381 e. The van der Waals surface area contributed by atoms with E-state index in [-0.39, 0.29) is 11.9 Å². The first kappa shape index (κ1) is 12.8. The number of carbonyl (C=O) groups is 1. The number of hydrogen-bond donors (Lipinski definition) is 2. The van der Waals surface area contributed by atoms with Crippen molar-refractivity contribution in [2.24, 2.45) is 5.92 Å². The lowest BCUT2D eigenvalue weighted by molar-refractivity contribution is -0.125. The highest BCUT2D eigenvalue weighted by molar-refractivity contribution is 5.82. The monoisotopic (exact) mass is 240 g/mol. The molecular weight excluding hydrogens is 216 g/mol. The molecule has 2 rings (SSSR count). The molecule has 0 aromatic heterocycles. The molecule has 0 radical (unpaired) electrons. The van der Waals surface area contributed by atoms with Crippen LogP contribution in [-0.2, 0) is 9.53 Å². The zero-order valence-corrected chi connectivity index (χ0v) is 10.7. The van der Waals surface area contributed by atoms with Crippen LogP contribution in [0.2, 0.25) is 0 Å². The fourth-order valence-corrected chi connectivity index (χ4v) is 2.71. The van der Waals surface area contributed by atoms with E-state index in [1.165, 1.54) is 12.8 Å². The highest BCUT2D eigenvalue weighted by Gasteiger charge is 2.27. The second kappa shape index (κ2) is 6.36. The number of amides is 1. The molecule has 0 aliphatic carbocycles. The average molecular weight is 240 g/mol. The largest absolute Gasteiger partial charge is 0.381 e. The normalized spacial score (nSPS) is 31.1. The van der Waals surface area contributed by atoms with Gasteiger partial charge in [-0.05, 0) is 38.1 Å². The van der Waals surface area contributed by atoms with E-state index >= 15 is 0 Å². The summed E-state index contributed by atoms with van der Waals surface area (Å²) in [6, 6.07) is 0.344. The molecule has 0 bridgehead atoms. The minimum absolute atomic E-state index is 0.0246. The quantitative estimate of drug-likeness (QED) is 0.775. The number of hydrogen-bond acceptors (Lipinski definition) is 3. The van der Waals surface area contributed by atoms with Crippen molar-refractivity contribution < 1.29 is 9.53 Å². The van der Waals surface area contributed by atoms with Gasteiger partial charge in [0.2, 0.25) is 5.91 Å². The van der Waals surface area contributed by atoms with Gasteiger partial charge >= 0.3 is 0 Å². The summed E-state index contributed by atoms with van der Waals surface area (Å²) in [6.45, 7) is 4.75. The van der Waals surface area contributed by atoms with Crippen molar-refractivity contribution in [3.05, 3.63) is 0 Å². The van der Waals surface area contributed by atoms with E-state index in [9.17, 15) is 4.79 Å². The lowest BCUT2D eigenvalue weighted by atomic mass is 9.90. The van der Waals surface area contributed by atoms with Gasteiger partial charge in [0, 0.05) is 19.3 Å². The van der Waals surface area contributed by atoms with Crippen LogP contribution in [0.1, 0.15) is 39.0 Å². The van der Waals surface area contributed by atoms with Crippen LogP contribution in [0.4, 0.5) is 0 Å². The third-order valence-corrected chi connectivity index (χ3v) is 3.97. The molecule has 2 aliphatic rings. The lowest BCUT2D eigenvalue weighted by Gasteiger charge is -2.31. The maximum atomic E-state index is 12.1. The van der Waals surface area contributed by atoms with Gasteiger partial charge in [0.1, 0.15) is 0 Å². The first-order valence-electron chi connectivity index (χ1n) is 6.91.